The van der Waals surface area contributed by atoms with Crippen LogP contribution in [0.3, 0.4) is 0 Å². The van der Waals surface area contributed by atoms with E-state index in [1.807, 2.05) is 12.2 Å². The molecule has 0 aromatic carbocycles. The minimum Gasteiger partial charge on any atom is -0.274 e. The number of amides is 2. The van der Waals surface area contributed by atoms with Gasteiger partial charge in [-0.15, -0.1) is 0 Å². The maximum absolute atomic E-state index is 12.6. The summed E-state index contributed by atoms with van der Waals surface area (Å²) in [6.45, 7) is 0. The first-order chi connectivity index (χ1) is 9.69. The second-order valence-corrected chi connectivity index (χ2v) is 6.23. The summed E-state index contributed by atoms with van der Waals surface area (Å²) in [5.41, 5.74) is -0.873. The Hall–Kier alpha value is -1.63. The largest absolute Gasteiger partial charge is 0.274 e. The highest BCUT2D eigenvalue weighted by Crippen LogP contribution is 2.42. The van der Waals surface area contributed by atoms with E-state index in [1.54, 1.807) is 0 Å². The molecule has 1 heterocycles. The summed E-state index contributed by atoms with van der Waals surface area (Å²) < 4.78 is 0. The van der Waals surface area contributed by atoms with Gasteiger partial charge in [0, 0.05) is 0 Å². The first-order valence-electron chi connectivity index (χ1n) is 7.64. The van der Waals surface area contributed by atoms with E-state index in [4.69, 9.17) is 0 Å². The molecule has 1 saturated carbocycles. The van der Waals surface area contributed by atoms with Gasteiger partial charge in [0.15, 0.2) is 0 Å². The van der Waals surface area contributed by atoms with E-state index in [2.05, 4.69) is 6.07 Å². The number of rotatable bonds is 1. The summed E-state index contributed by atoms with van der Waals surface area (Å²) in [5.74, 6) is -0.650. The van der Waals surface area contributed by atoms with Crippen molar-refractivity contribution in [2.75, 3.05) is 0 Å². The first kappa shape index (κ1) is 13.4. The Bertz CT molecular complexity index is 469. The van der Waals surface area contributed by atoms with Gasteiger partial charge in [0.25, 0.3) is 0 Å². The Morgan fingerprint density at radius 2 is 1.50 bits per heavy atom. The number of imide groups is 1. The standard InChI is InChI=1S/C16H20N2O2/c17-11-16(9-5-1-2-6-10-16)18-14(19)12-7-3-4-8-13(12)15(18)20/h3-4,12-13H,1-2,5-10H2/t12-,13+. The molecule has 0 bridgehead atoms. The van der Waals surface area contributed by atoms with Gasteiger partial charge in [-0.05, 0) is 25.7 Å². The smallest absolute Gasteiger partial charge is 0.234 e. The lowest BCUT2D eigenvalue weighted by Gasteiger charge is -2.34. The van der Waals surface area contributed by atoms with E-state index in [0.717, 1.165) is 25.7 Å². The highest BCUT2D eigenvalue weighted by atomic mass is 16.2. The van der Waals surface area contributed by atoms with E-state index in [9.17, 15) is 14.9 Å². The van der Waals surface area contributed by atoms with Gasteiger partial charge >= 0.3 is 0 Å². The molecule has 106 valence electrons. The van der Waals surface area contributed by atoms with Crippen LogP contribution in [0.2, 0.25) is 0 Å². The number of carbonyl (C=O) groups excluding carboxylic acids is 2. The van der Waals surface area contributed by atoms with Crippen molar-refractivity contribution in [3.8, 4) is 6.07 Å². The third-order valence-electron chi connectivity index (χ3n) is 5.07. The number of likely N-dealkylation sites (tertiary alicyclic amines) is 1. The number of hydrogen-bond donors (Lipinski definition) is 0. The zero-order valence-electron chi connectivity index (χ0n) is 11.7. The highest BCUT2D eigenvalue weighted by molar-refractivity contribution is 6.06. The molecule has 2 fully saturated rings. The zero-order chi connectivity index (χ0) is 14.2. The lowest BCUT2D eigenvalue weighted by molar-refractivity contribution is -0.145. The van der Waals surface area contributed by atoms with Crippen molar-refractivity contribution in [1.29, 1.82) is 5.26 Å². The molecule has 3 aliphatic rings. The second-order valence-electron chi connectivity index (χ2n) is 6.23. The van der Waals surface area contributed by atoms with Crippen LogP contribution in [-0.2, 0) is 9.59 Å². The predicted molar refractivity (Wildman–Crippen MR) is 73.3 cm³/mol. The summed E-state index contributed by atoms with van der Waals surface area (Å²) in [6.07, 6.45) is 10.6. The Balaban J connectivity index is 1.94. The fourth-order valence-electron chi connectivity index (χ4n) is 3.92. The van der Waals surface area contributed by atoms with Crippen LogP contribution in [0.1, 0.15) is 51.4 Å². The van der Waals surface area contributed by atoms with Crippen LogP contribution in [0.25, 0.3) is 0 Å². The molecule has 2 atom stereocenters. The van der Waals surface area contributed by atoms with E-state index in [-0.39, 0.29) is 23.7 Å². The molecule has 3 rings (SSSR count). The van der Waals surface area contributed by atoms with Crippen molar-refractivity contribution < 1.29 is 9.59 Å². The summed E-state index contributed by atoms with van der Waals surface area (Å²) in [4.78, 5) is 26.7. The van der Waals surface area contributed by atoms with Crippen LogP contribution < -0.4 is 0 Å². The van der Waals surface area contributed by atoms with Gasteiger partial charge < -0.3 is 0 Å². The van der Waals surface area contributed by atoms with Crippen LogP contribution in [-0.4, -0.2) is 22.3 Å². The third-order valence-corrected chi connectivity index (χ3v) is 5.07. The maximum Gasteiger partial charge on any atom is 0.234 e. The fraction of sp³-hybridized carbons (Fsp3) is 0.688. The number of carbonyl (C=O) groups is 2. The average molecular weight is 272 g/mol. The lowest BCUT2D eigenvalue weighted by atomic mass is 9.85. The van der Waals surface area contributed by atoms with Crippen LogP contribution in [0.15, 0.2) is 12.2 Å². The second kappa shape index (κ2) is 5.05. The molecule has 4 nitrogen and oxygen atoms in total. The molecule has 0 spiro atoms. The minimum absolute atomic E-state index is 0.104. The molecule has 1 aliphatic heterocycles. The van der Waals surface area contributed by atoms with Crippen LogP contribution >= 0.6 is 0 Å². The van der Waals surface area contributed by atoms with Crippen LogP contribution in [0.4, 0.5) is 0 Å². The van der Waals surface area contributed by atoms with Gasteiger partial charge in [0.2, 0.25) is 11.8 Å². The van der Waals surface area contributed by atoms with Crippen molar-refractivity contribution >= 4 is 11.8 Å². The predicted octanol–water partition coefficient (Wildman–Crippen LogP) is 2.55. The van der Waals surface area contributed by atoms with Gasteiger partial charge in [-0.25, -0.2) is 0 Å². The van der Waals surface area contributed by atoms with Crippen molar-refractivity contribution in [2.45, 2.75) is 56.9 Å². The van der Waals surface area contributed by atoms with Crippen LogP contribution in [0.5, 0.6) is 0 Å². The van der Waals surface area contributed by atoms with Gasteiger partial charge in [-0.2, -0.15) is 5.26 Å². The highest BCUT2D eigenvalue weighted by Gasteiger charge is 2.55. The van der Waals surface area contributed by atoms with E-state index < -0.39 is 5.54 Å². The molecule has 0 unspecified atom stereocenters. The van der Waals surface area contributed by atoms with Gasteiger partial charge in [0.05, 0.1) is 17.9 Å². The quantitative estimate of drug-likeness (QED) is 0.418. The van der Waals surface area contributed by atoms with Gasteiger partial charge in [-0.3, -0.25) is 14.5 Å². The SMILES string of the molecule is N#CC1(N2C(=O)[C@H]3CC=CC[C@H]3C2=O)CCCCCC1. The number of fused-ring (bicyclic) bond motifs is 1. The molecular formula is C16H20N2O2. The summed E-state index contributed by atoms with van der Waals surface area (Å²) in [6, 6.07) is 2.33. The number of nitriles is 1. The Morgan fingerprint density at radius 1 is 1.00 bits per heavy atom. The molecule has 0 aromatic heterocycles. The van der Waals surface area contributed by atoms with Crippen molar-refractivity contribution in [3.63, 3.8) is 0 Å². The van der Waals surface area contributed by atoms with Gasteiger partial charge in [-0.1, -0.05) is 37.8 Å². The Kier molecular flexibility index (Phi) is 3.37. The van der Waals surface area contributed by atoms with E-state index >= 15 is 0 Å². The fourth-order valence-corrected chi connectivity index (χ4v) is 3.92. The molecule has 2 aliphatic carbocycles. The topological polar surface area (TPSA) is 61.2 Å². The molecule has 0 aromatic rings. The first-order valence-corrected chi connectivity index (χ1v) is 7.64. The van der Waals surface area contributed by atoms with E-state index in [0.29, 0.717) is 25.7 Å². The summed E-state index contributed by atoms with van der Waals surface area (Å²) in [5, 5.41) is 9.68. The zero-order valence-corrected chi connectivity index (χ0v) is 11.7. The molecule has 0 radical (unpaired) electrons. The average Bonchev–Trinajstić information content (AvgIpc) is 2.66. The number of nitrogens with zero attached hydrogens (tertiary/aromatic N) is 2. The van der Waals surface area contributed by atoms with Gasteiger partial charge in [0.1, 0.15) is 5.54 Å². The molecule has 20 heavy (non-hydrogen) atoms. The molecule has 2 amide bonds. The lowest BCUT2D eigenvalue weighted by Crippen LogP contribution is -2.51. The normalized spacial score (nSPS) is 32.6. The minimum atomic E-state index is -0.873. The maximum atomic E-state index is 12.6. The monoisotopic (exact) mass is 272 g/mol. The summed E-state index contributed by atoms with van der Waals surface area (Å²) >= 11 is 0. The Labute approximate surface area is 119 Å². The molecule has 4 heteroatoms. The molecule has 1 saturated heterocycles. The number of hydrogen-bond acceptors (Lipinski definition) is 3. The van der Waals surface area contributed by atoms with Crippen LogP contribution in [0, 0.1) is 23.2 Å². The summed E-state index contributed by atoms with van der Waals surface area (Å²) in [7, 11) is 0. The van der Waals surface area contributed by atoms with Crippen molar-refractivity contribution in [1.82, 2.24) is 4.90 Å². The van der Waals surface area contributed by atoms with Crippen molar-refractivity contribution in [2.24, 2.45) is 11.8 Å². The molecule has 0 N–H and O–H groups in total. The van der Waals surface area contributed by atoms with Crippen molar-refractivity contribution in [3.05, 3.63) is 12.2 Å². The molecular weight excluding hydrogens is 252 g/mol. The Morgan fingerprint density at radius 3 is 1.95 bits per heavy atom. The third kappa shape index (κ3) is 1.88. The number of allylic oxidation sites excluding steroid dienone is 2. The van der Waals surface area contributed by atoms with E-state index in [1.165, 1.54) is 4.90 Å².